The van der Waals surface area contributed by atoms with E-state index in [2.05, 4.69) is 6.07 Å². The second kappa shape index (κ2) is 6.13. The fraction of sp³-hybridized carbons (Fsp3) is 0.133. The Morgan fingerprint density at radius 2 is 1.85 bits per heavy atom. The van der Waals surface area contributed by atoms with E-state index in [1.165, 1.54) is 11.3 Å². The highest BCUT2D eigenvalue weighted by atomic mass is 32.1. The van der Waals surface area contributed by atoms with Gasteiger partial charge in [-0.3, -0.25) is 0 Å². The van der Waals surface area contributed by atoms with Gasteiger partial charge in [0, 0.05) is 16.5 Å². The summed E-state index contributed by atoms with van der Waals surface area (Å²) in [7, 11) is 3.14. The number of rotatable bonds is 4. The number of nitrogens with two attached hydrogens (primary N) is 1. The van der Waals surface area contributed by atoms with Crippen LogP contribution in [0.15, 0.2) is 35.7 Å². The molecule has 5 heteroatoms. The lowest BCUT2D eigenvalue weighted by molar-refractivity contribution is 0.394. The van der Waals surface area contributed by atoms with Crippen LogP contribution in [0.2, 0.25) is 0 Å². The minimum atomic E-state index is 0.409. The van der Waals surface area contributed by atoms with Crippen LogP contribution in [0.4, 0.5) is 0 Å². The lowest BCUT2D eigenvalue weighted by Gasteiger charge is -2.10. The molecule has 0 spiro atoms. The van der Waals surface area contributed by atoms with Crippen molar-refractivity contribution in [3.63, 3.8) is 0 Å². The highest BCUT2D eigenvalue weighted by Crippen LogP contribution is 2.30. The number of nitrogens with zero attached hydrogens (tertiary/aromatic N) is 1. The van der Waals surface area contributed by atoms with E-state index in [4.69, 9.17) is 15.2 Å². The van der Waals surface area contributed by atoms with E-state index in [0.717, 1.165) is 4.88 Å². The number of ether oxygens (including phenoxy) is 2. The quantitative estimate of drug-likeness (QED) is 0.877. The molecule has 0 saturated heterocycles. The summed E-state index contributed by atoms with van der Waals surface area (Å²) in [4.78, 5) is 0.840. The average molecular weight is 286 g/mol. The normalized spacial score (nSPS) is 11.4. The molecule has 0 saturated carbocycles. The zero-order valence-corrected chi connectivity index (χ0v) is 12.0. The van der Waals surface area contributed by atoms with Crippen LogP contribution in [0.3, 0.4) is 0 Å². The molecule has 0 aliphatic heterocycles. The lowest BCUT2D eigenvalue weighted by Crippen LogP contribution is -2.01. The van der Waals surface area contributed by atoms with Crippen LogP contribution in [0, 0.1) is 11.3 Å². The number of benzene rings is 1. The summed E-state index contributed by atoms with van der Waals surface area (Å²) in [5, 5.41) is 11.2. The van der Waals surface area contributed by atoms with Gasteiger partial charge in [0.15, 0.2) is 0 Å². The topological polar surface area (TPSA) is 68.3 Å². The van der Waals surface area contributed by atoms with Gasteiger partial charge in [-0.1, -0.05) is 6.07 Å². The number of methoxy groups -OCH3 is 2. The molecule has 0 atom stereocenters. The van der Waals surface area contributed by atoms with Crippen molar-refractivity contribution >= 4 is 22.6 Å². The molecule has 1 heterocycles. The molecular formula is C15H14N2O2S. The largest absolute Gasteiger partial charge is 0.497 e. The van der Waals surface area contributed by atoms with Crippen LogP contribution in [0.25, 0.3) is 11.3 Å². The smallest absolute Gasteiger partial charge is 0.123 e. The van der Waals surface area contributed by atoms with E-state index in [-0.39, 0.29) is 0 Å². The highest BCUT2D eigenvalue weighted by molar-refractivity contribution is 7.11. The van der Waals surface area contributed by atoms with Gasteiger partial charge in [0.05, 0.1) is 25.5 Å². The number of allylic oxidation sites excluding steroid dienone is 1. The molecule has 2 aromatic rings. The van der Waals surface area contributed by atoms with Crippen molar-refractivity contribution in [3.8, 4) is 17.6 Å². The standard InChI is InChI=1S/C15H14N2O2S/c1-18-11-6-10(7-12(8-11)19-2)15(17)13(9-16)14-4-3-5-20-14/h3-8H,17H2,1-2H3/b15-13+. The van der Waals surface area contributed by atoms with Gasteiger partial charge in [-0.2, -0.15) is 5.26 Å². The van der Waals surface area contributed by atoms with Crippen LogP contribution < -0.4 is 15.2 Å². The Morgan fingerprint density at radius 1 is 1.20 bits per heavy atom. The van der Waals surface area contributed by atoms with Crippen LogP contribution in [-0.4, -0.2) is 14.2 Å². The summed E-state index contributed by atoms with van der Waals surface area (Å²) in [6.45, 7) is 0. The number of hydrogen-bond acceptors (Lipinski definition) is 5. The molecule has 0 fully saturated rings. The summed E-state index contributed by atoms with van der Waals surface area (Å²) < 4.78 is 10.4. The predicted molar refractivity (Wildman–Crippen MR) is 80.5 cm³/mol. The molecule has 102 valence electrons. The molecular weight excluding hydrogens is 272 g/mol. The molecule has 2 rings (SSSR count). The molecule has 0 aliphatic carbocycles. The van der Waals surface area contributed by atoms with Gasteiger partial charge >= 0.3 is 0 Å². The van der Waals surface area contributed by atoms with Gasteiger partial charge in [0.2, 0.25) is 0 Å². The van der Waals surface area contributed by atoms with E-state index in [9.17, 15) is 5.26 Å². The molecule has 1 aromatic heterocycles. The second-order valence-electron chi connectivity index (χ2n) is 3.98. The van der Waals surface area contributed by atoms with Crippen molar-refractivity contribution < 1.29 is 9.47 Å². The Morgan fingerprint density at radius 3 is 2.30 bits per heavy atom. The van der Waals surface area contributed by atoms with Crippen molar-refractivity contribution in [1.82, 2.24) is 0 Å². The molecule has 2 N–H and O–H groups in total. The van der Waals surface area contributed by atoms with E-state index >= 15 is 0 Å². The summed E-state index contributed by atoms with van der Waals surface area (Å²) in [6, 6.07) is 11.2. The number of thiophene rings is 1. The molecule has 0 unspecified atom stereocenters. The molecule has 0 bridgehead atoms. The second-order valence-corrected chi connectivity index (χ2v) is 4.93. The third-order valence-electron chi connectivity index (χ3n) is 2.81. The molecule has 20 heavy (non-hydrogen) atoms. The highest BCUT2D eigenvalue weighted by Gasteiger charge is 2.11. The molecule has 0 aliphatic rings. The Balaban J connectivity index is 2.57. The maximum absolute atomic E-state index is 9.34. The van der Waals surface area contributed by atoms with Crippen LogP contribution >= 0.6 is 11.3 Å². The summed E-state index contributed by atoms with van der Waals surface area (Å²) in [5.41, 5.74) is 7.70. The monoisotopic (exact) mass is 286 g/mol. The summed E-state index contributed by atoms with van der Waals surface area (Å²) in [5.74, 6) is 1.26. The van der Waals surface area contributed by atoms with E-state index in [1.54, 1.807) is 32.4 Å². The summed E-state index contributed by atoms with van der Waals surface area (Å²) >= 11 is 1.48. The predicted octanol–water partition coefficient (Wildman–Crippen LogP) is 3.12. The zero-order valence-electron chi connectivity index (χ0n) is 11.2. The Bertz CT molecular complexity index is 647. The van der Waals surface area contributed by atoms with Gasteiger partial charge in [-0.15, -0.1) is 11.3 Å². The first-order chi connectivity index (χ1) is 9.69. The maximum Gasteiger partial charge on any atom is 0.123 e. The van der Waals surface area contributed by atoms with Crippen molar-refractivity contribution in [2.75, 3.05) is 14.2 Å². The molecule has 4 nitrogen and oxygen atoms in total. The van der Waals surface area contributed by atoms with Gasteiger partial charge in [0.25, 0.3) is 0 Å². The minimum absolute atomic E-state index is 0.409. The fourth-order valence-electron chi connectivity index (χ4n) is 1.78. The van der Waals surface area contributed by atoms with Crippen molar-refractivity contribution in [2.24, 2.45) is 5.73 Å². The van der Waals surface area contributed by atoms with Crippen LogP contribution in [0.1, 0.15) is 10.4 Å². The summed E-state index contributed by atoms with van der Waals surface area (Å²) in [6.07, 6.45) is 0. The van der Waals surface area contributed by atoms with E-state index in [0.29, 0.717) is 28.3 Å². The van der Waals surface area contributed by atoms with Crippen LogP contribution in [0.5, 0.6) is 11.5 Å². The number of hydrogen-bond donors (Lipinski definition) is 1. The first kappa shape index (κ1) is 14.0. The number of nitriles is 1. The maximum atomic E-state index is 9.34. The SMILES string of the molecule is COc1cc(OC)cc(/C(N)=C(/C#N)c2cccs2)c1. The lowest BCUT2D eigenvalue weighted by atomic mass is 10.1. The zero-order chi connectivity index (χ0) is 14.5. The van der Waals surface area contributed by atoms with Crippen molar-refractivity contribution in [1.29, 1.82) is 5.26 Å². The van der Waals surface area contributed by atoms with Gasteiger partial charge in [-0.05, 0) is 23.6 Å². The third kappa shape index (κ3) is 2.76. The fourth-order valence-corrected chi connectivity index (χ4v) is 2.51. The first-order valence-corrected chi connectivity index (χ1v) is 6.74. The first-order valence-electron chi connectivity index (χ1n) is 5.86. The van der Waals surface area contributed by atoms with E-state index in [1.807, 2.05) is 17.5 Å². The van der Waals surface area contributed by atoms with Crippen LogP contribution in [-0.2, 0) is 0 Å². The Hall–Kier alpha value is -2.45. The van der Waals surface area contributed by atoms with E-state index < -0.39 is 0 Å². The molecule has 1 aromatic carbocycles. The van der Waals surface area contributed by atoms with Crippen molar-refractivity contribution in [2.45, 2.75) is 0 Å². The molecule has 0 radical (unpaired) electrons. The van der Waals surface area contributed by atoms with Gasteiger partial charge in [0.1, 0.15) is 17.6 Å². The van der Waals surface area contributed by atoms with Crippen molar-refractivity contribution in [3.05, 3.63) is 46.2 Å². The Kier molecular flexibility index (Phi) is 4.28. The molecule has 0 amide bonds. The van der Waals surface area contributed by atoms with Gasteiger partial charge < -0.3 is 15.2 Å². The minimum Gasteiger partial charge on any atom is -0.497 e. The van der Waals surface area contributed by atoms with Gasteiger partial charge in [-0.25, -0.2) is 0 Å². The average Bonchev–Trinajstić information content (AvgIpc) is 3.01. The Labute approximate surface area is 121 Å². The third-order valence-corrected chi connectivity index (χ3v) is 3.70.